The lowest BCUT2D eigenvalue weighted by atomic mass is 9.84. The van der Waals surface area contributed by atoms with E-state index in [2.05, 4.69) is 29.3 Å². The van der Waals surface area contributed by atoms with E-state index in [1.807, 2.05) is 37.3 Å². The average Bonchev–Trinajstić information content (AvgIpc) is 2.55. The Bertz CT molecular complexity index is 726. The van der Waals surface area contributed by atoms with Crippen LogP contribution in [0.4, 0.5) is 0 Å². The highest BCUT2D eigenvalue weighted by atomic mass is 16.1. The zero-order valence-electron chi connectivity index (χ0n) is 14.9. The molecule has 2 atom stereocenters. The standard InChI is InChI=1S/C20H27N3O/c1-14-17(12-15-8-4-6-10-18(15)21-14)20(24)22-19-11-7-5-9-16(19)13-23(2)3/h4,6,8,10,12,16,19H,5,7,9,11,13H2,1-3H3,(H,22,24). The second kappa shape index (κ2) is 7.31. The Morgan fingerprint density at radius 3 is 2.79 bits per heavy atom. The van der Waals surface area contributed by atoms with Crippen molar-refractivity contribution in [1.82, 2.24) is 15.2 Å². The van der Waals surface area contributed by atoms with Crippen LogP contribution in [0, 0.1) is 12.8 Å². The molecule has 0 bridgehead atoms. The molecule has 1 aliphatic carbocycles. The molecule has 1 fully saturated rings. The van der Waals surface area contributed by atoms with Gasteiger partial charge in [0.15, 0.2) is 0 Å². The zero-order chi connectivity index (χ0) is 17.1. The molecule has 1 N–H and O–H groups in total. The van der Waals surface area contributed by atoms with Crippen LogP contribution >= 0.6 is 0 Å². The monoisotopic (exact) mass is 325 g/mol. The van der Waals surface area contributed by atoms with Gasteiger partial charge in [-0.25, -0.2) is 0 Å². The SMILES string of the molecule is Cc1nc2ccccc2cc1C(=O)NC1CCCCC1CN(C)C. The smallest absolute Gasteiger partial charge is 0.253 e. The number of pyridine rings is 1. The minimum Gasteiger partial charge on any atom is -0.349 e. The molecule has 24 heavy (non-hydrogen) atoms. The molecular formula is C20H27N3O. The van der Waals surface area contributed by atoms with Crippen molar-refractivity contribution < 1.29 is 4.79 Å². The number of hydrogen-bond donors (Lipinski definition) is 1. The molecule has 128 valence electrons. The first-order valence-electron chi connectivity index (χ1n) is 8.86. The first-order chi connectivity index (χ1) is 11.5. The van der Waals surface area contributed by atoms with Crippen molar-refractivity contribution in [2.75, 3.05) is 20.6 Å². The molecule has 4 heteroatoms. The lowest BCUT2D eigenvalue weighted by Gasteiger charge is -2.34. The van der Waals surface area contributed by atoms with Gasteiger partial charge in [-0.15, -0.1) is 0 Å². The van der Waals surface area contributed by atoms with E-state index in [4.69, 9.17) is 0 Å². The molecule has 1 aromatic carbocycles. The van der Waals surface area contributed by atoms with Gasteiger partial charge in [-0.1, -0.05) is 31.0 Å². The number of carbonyl (C=O) groups is 1. The predicted molar refractivity (Wildman–Crippen MR) is 98.2 cm³/mol. The van der Waals surface area contributed by atoms with Crippen molar-refractivity contribution in [2.24, 2.45) is 5.92 Å². The Hall–Kier alpha value is -1.94. The van der Waals surface area contributed by atoms with Gasteiger partial charge in [0.05, 0.1) is 16.8 Å². The van der Waals surface area contributed by atoms with Crippen molar-refractivity contribution >= 4 is 16.8 Å². The summed E-state index contributed by atoms with van der Waals surface area (Å²) >= 11 is 0. The first kappa shape index (κ1) is 16.9. The lowest BCUT2D eigenvalue weighted by Crippen LogP contribution is -2.45. The van der Waals surface area contributed by atoms with Crippen molar-refractivity contribution in [3.05, 3.63) is 41.6 Å². The summed E-state index contributed by atoms with van der Waals surface area (Å²) in [5.41, 5.74) is 2.43. The molecule has 0 aliphatic heterocycles. The Kier molecular flexibility index (Phi) is 5.14. The van der Waals surface area contributed by atoms with Crippen LogP contribution < -0.4 is 5.32 Å². The molecule has 0 saturated heterocycles. The van der Waals surface area contributed by atoms with E-state index >= 15 is 0 Å². The fourth-order valence-electron chi connectivity index (χ4n) is 3.77. The third-order valence-electron chi connectivity index (χ3n) is 4.98. The van der Waals surface area contributed by atoms with Gasteiger partial charge < -0.3 is 10.2 Å². The molecule has 0 spiro atoms. The van der Waals surface area contributed by atoms with Gasteiger partial charge in [0.25, 0.3) is 5.91 Å². The molecule has 3 rings (SSSR count). The van der Waals surface area contributed by atoms with Gasteiger partial charge in [-0.2, -0.15) is 0 Å². The normalized spacial score (nSPS) is 21.2. The summed E-state index contributed by atoms with van der Waals surface area (Å²) in [7, 11) is 4.20. The largest absolute Gasteiger partial charge is 0.349 e. The molecular weight excluding hydrogens is 298 g/mol. The van der Waals surface area contributed by atoms with Crippen molar-refractivity contribution in [3.8, 4) is 0 Å². The molecule has 4 nitrogen and oxygen atoms in total. The molecule has 0 radical (unpaired) electrons. The fraction of sp³-hybridized carbons (Fsp3) is 0.500. The van der Waals surface area contributed by atoms with E-state index in [1.54, 1.807) is 0 Å². The number of nitrogens with one attached hydrogen (secondary N) is 1. The Labute approximate surface area is 144 Å². The van der Waals surface area contributed by atoms with Crippen LogP contribution in [0.15, 0.2) is 30.3 Å². The van der Waals surface area contributed by atoms with Gasteiger partial charge in [0.2, 0.25) is 0 Å². The number of aromatic nitrogens is 1. The quantitative estimate of drug-likeness (QED) is 0.937. The van der Waals surface area contributed by atoms with Crippen LogP contribution in [0.25, 0.3) is 10.9 Å². The number of para-hydroxylation sites is 1. The van der Waals surface area contributed by atoms with E-state index in [0.717, 1.165) is 29.6 Å². The van der Waals surface area contributed by atoms with Crippen LogP contribution in [0.5, 0.6) is 0 Å². The molecule has 1 aromatic heterocycles. The molecule has 2 unspecified atom stereocenters. The van der Waals surface area contributed by atoms with Gasteiger partial charge in [0, 0.05) is 18.0 Å². The zero-order valence-corrected chi connectivity index (χ0v) is 14.9. The molecule has 1 aliphatic rings. The summed E-state index contributed by atoms with van der Waals surface area (Å²) < 4.78 is 0. The van der Waals surface area contributed by atoms with Gasteiger partial charge in [-0.05, 0) is 51.9 Å². The summed E-state index contributed by atoms with van der Waals surface area (Å²) in [5.74, 6) is 0.549. The topological polar surface area (TPSA) is 45.2 Å². The van der Waals surface area contributed by atoms with E-state index in [1.165, 1.54) is 19.3 Å². The number of nitrogens with zero attached hydrogens (tertiary/aromatic N) is 2. The van der Waals surface area contributed by atoms with Crippen molar-refractivity contribution in [2.45, 2.75) is 38.6 Å². The molecule has 2 aromatic rings. The Morgan fingerprint density at radius 2 is 2.00 bits per heavy atom. The Morgan fingerprint density at radius 1 is 1.25 bits per heavy atom. The average molecular weight is 325 g/mol. The lowest BCUT2D eigenvalue weighted by molar-refractivity contribution is 0.0894. The van der Waals surface area contributed by atoms with Gasteiger partial charge >= 0.3 is 0 Å². The Balaban J connectivity index is 1.79. The van der Waals surface area contributed by atoms with Crippen LogP contribution in [-0.4, -0.2) is 42.5 Å². The van der Waals surface area contributed by atoms with Gasteiger partial charge in [0.1, 0.15) is 0 Å². The minimum atomic E-state index is 0.0152. The van der Waals surface area contributed by atoms with Gasteiger partial charge in [-0.3, -0.25) is 9.78 Å². The highest BCUT2D eigenvalue weighted by molar-refractivity contribution is 5.98. The maximum atomic E-state index is 12.8. The molecule has 1 amide bonds. The maximum Gasteiger partial charge on any atom is 0.253 e. The highest BCUT2D eigenvalue weighted by Gasteiger charge is 2.27. The molecule has 1 saturated carbocycles. The summed E-state index contributed by atoms with van der Waals surface area (Å²) in [6, 6.07) is 10.2. The second-order valence-electron chi connectivity index (χ2n) is 7.20. The maximum absolute atomic E-state index is 12.8. The van der Waals surface area contributed by atoms with E-state index in [-0.39, 0.29) is 11.9 Å². The number of hydrogen-bond acceptors (Lipinski definition) is 3. The van der Waals surface area contributed by atoms with Crippen molar-refractivity contribution in [3.63, 3.8) is 0 Å². The number of benzene rings is 1. The number of carbonyl (C=O) groups excluding carboxylic acids is 1. The number of rotatable bonds is 4. The summed E-state index contributed by atoms with van der Waals surface area (Å²) in [4.78, 5) is 19.7. The fourth-order valence-corrected chi connectivity index (χ4v) is 3.77. The summed E-state index contributed by atoms with van der Waals surface area (Å²) in [6.45, 7) is 2.94. The number of fused-ring (bicyclic) bond motifs is 1. The summed E-state index contributed by atoms with van der Waals surface area (Å²) in [5, 5.41) is 4.31. The van der Waals surface area contributed by atoms with Crippen LogP contribution in [0.1, 0.15) is 41.7 Å². The number of amides is 1. The van der Waals surface area contributed by atoms with Crippen LogP contribution in [0.2, 0.25) is 0 Å². The first-order valence-corrected chi connectivity index (χ1v) is 8.86. The third-order valence-corrected chi connectivity index (χ3v) is 4.98. The third kappa shape index (κ3) is 3.75. The molecule has 1 heterocycles. The number of aryl methyl sites for hydroxylation is 1. The van der Waals surface area contributed by atoms with Crippen molar-refractivity contribution in [1.29, 1.82) is 0 Å². The summed E-state index contributed by atoms with van der Waals surface area (Å²) in [6.07, 6.45) is 4.73. The van der Waals surface area contributed by atoms with Crippen LogP contribution in [0.3, 0.4) is 0 Å². The minimum absolute atomic E-state index is 0.0152. The second-order valence-corrected chi connectivity index (χ2v) is 7.20. The highest BCUT2D eigenvalue weighted by Crippen LogP contribution is 2.25. The predicted octanol–water partition coefficient (Wildman–Crippen LogP) is 3.39. The van der Waals surface area contributed by atoms with E-state index in [9.17, 15) is 4.79 Å². The van der Waals surface area contributed by atoms with Crippen LogP contribution in [-0.2, 0) is 0 Å². The van der Waals surface area contributed by atoms with E-state index < -0.39 is 0 Å². The van der Waals surface area contributed by atoms with E-state index in [0.29, 0.717) is 11.5 Å².